The Labute approximate surface area is 101 Å². The Hall–Kier alpha value is 1.27. The van der Waals surface area contributed by atoms with Crippen LogP contribution in [0, 0.1) is 10.1 Å². The van der Waals surface area contributed by atoms with Crippen molar-refractivity contribution < 1.29 is 76.6 Å². The Bertz CT molecular complexity index is 130. The molecule has 7 nitrogen and oxygen atoms in total. The second kappa shape index (κ2) is 12.9. The zero-order valence-electron chi connectivity index (χ0n) is 5.34. The quantitative estimate of drug-likeness (QED) is 0.132. The number of rotatable bonds is 0. The van der Waals surface area contributed by atoms with Crippen molar-refractivity contribution in [3.8, 4) is 0 Å². The SMILES string of the molecule is O=N[O-].O=S(=O)([O-])O.[Na+].[Na+]. The first-order valence-electron chi connectivity index (χ1n) is 1.05. The van der Waals surface area contributed by atoms with Crippen molar-refractivity contribution in [1.29, 1.82) is 0 Å². The van der Waals surface area contributed by atoms with Gasteiger partial charge in [-0.2, -0.15) is 0 Å². The topological polar surface area (TPSA) is 130 Å². The van der Waals surface area contributed by atoms with Crippen LogP contribution >= 0.6 is 0 Å². The van der Waals surface area contributed by atoms with Crippen LogP contribution in [0.1, 0.15) is 0 Å². The maximum atomic E-state index is 8.63. The first kappa shape index (κ1) is 22.5. The molecular weight excluding hydrogens is 188 g/mol. The van der Waals surface area contributed by atoms with Crippen LogP contribution in [-0.4, -0.2) is 17.5 Å². The monoisotopic (exact) mass is 189 g/mol. The van der Waals surface area contributed by atoms with E-state index in [0.717, 1.165) is 5.34 Å². The first-order valence-corrected chi connectivity index (χ1v) is 2.41. The van der Waals surface area contributed by atoms with Crippen LogP contribution < -0.4 is 59.1 Å². The van der Waals surface area contributed by atoms with Gasteiger partial charge in [0.05, 0.1) is 0 Å². The molecular formula is HNNa2O6S. The molecule has 0 saturated carbocycles. The van der Waals surface area contributed by atoms with Gasteiger partial charge in [-0.1, -0.05) is 0 Å². The van der Waals surface area contributed by atoms with E-state index in [4.69, 9.17) is 27.6 Å². The Morgan fingerprint density at radius 2 is 1.30 bits per heavy atom. The fourth-order valence-corrected chi connectivity index (χ4v) is 0. The molecule has 0 aliphatic carbocycles. The van der Waals surface area contributed by atoms with Crippen LogP contribution in [0.5, 0.6) is 0 Å². The Balaban J connectivity index is -0.0000000326. The van der Waals surface area contributed by atoms with Crippen molar-refractivity contribution in [2.45, 2.75) is 0 Å². The maximum absolute atomic E-state index is 8.63. The molecule has 0 aromatic carbocycles. The summed E-state index contributed by atoms with van der Waals surface area (Å²) >= 11 is 0. The fourth-order valence-electron chi connectivity index (χ4n) is 0. The second-order valence-corrected chi connectivity index (χ2v) is 1.36. The molecule has 0 aromatic rings. The van der Waals surface area contributed by atoms with Crippen molar-refractivity contribution in [3.63, 3.8) is 0 Å². The van der Waals surface area contributed by atoms with Crippen LogP contribution in [0.3, 0.4) is 0 Å². The average molecular weight is 189 g/mol. The molecule has 0 aliphatic heterocycles. The predicted octanol–water partition coefficient (Wildman–Crippen LogP) is -6.74. The molecule has 10 heavy (non-hydrogen) atoms. The molecule has 0 bridgehead atoms. The van der Waals surface area contributed by atoms with Gasteiger partial charge in [0.25, 0.3) is 0 Å². The minimum Gasteiger partial charge on any atom is -0.726 e. The van der Waals surface area contributed by atoms with Gasteiger partial charge in [0.2, 0.25) is 10.4 Å². The van der Waals surface area contributed by atoms with Crippen LogP contribution in [0.2, 0.25) is 0 Å². The molecule has 0 amide bonds. The van der Waals surface area contributed by atoms with Gasteiger partial charge in [-0.25, -0.2) is 8.42 Å². The minimum atomic E-state index is -4.92. The van der Waals surface area contributed by atoms with Gasteiger partial charge in [0.1, 0.15) is 0 Å². The maximum Gasteiger partial charge on any atom is 1.00 e. The molecule has 10 heteroatoms. The van der Waals surface area contributed by atoms with Crippen LogP contribution in [-0.2, 0) is 10.4 Å². The summed E-state index contributed by atoms with van der Waals surface area (Å²) in [6, 6.07) is 0. The molecule has 0 fully saturated rings. The van der Waals surface area contributed by atoms with Gasteiger partial charge in [-0.15, -0.1) is 5.34 Å². The van der Waals surface area contributed by atoms with Crippen molar-refractivity contribution >= 4 is 10.4 Å². The molecule has 0 rings (SSSR count). The predicted molar refractivity (Wildman–Crippen MR) is 21.5 cm³/mol. The van der Waals surface area contributed by atoms with Gasteiger partial charge in [-0.3, -0.25) is 4.55 Å². The summed E-state index contributed by atoms with van der Waals surface area (Å²) in [6.07, 6.45) is 0. The third-order valence-electron chi connectivity index (χ3n) is 0. The minimum absolute atomic E-state index is 0. The summed E-state index contributed by atoms with van der Waals surface area (Å²) in [7, 11) is -4.92. The average Bonchev–Trinajstić information content (AvgIpc) is 1.27. The zero-order chi connectivity index (χ0) is 7.21. The van der Waals surface area contributed by atoms with E-state index in [1.165, 1.54) is 0 Å². The molecule has 0 spiro atoms. The number of hydrogen-bond acceptors (Lipinski definition) is 6. The van der Waals surface area contributed by atoms with E-state index in [2.05, 4.69) is 0 Å². The molecule has 0 radical (unpaired) electrons. The van der Waals surface area contributed by atoms with Gasteiger partial charge in [0, 0.05) is 0 Å². The standard InChI is InChI=1S/HNO2.2Na.H2O4S/c2-1-3;;;1-5(2,3)4/h(H,2,3);;;(H2,1,2,3,4)/q;2*+1;/p-2. The summed E-state index contributed by atoms with van der Waals surface area (Å²) < 4.78 is 32.8. The van der Waals surface area contributed by atoms with E-state index in [9.17, 15) is 0 Å². The van der Waals surface area contributed by atoms with Crippen LogP contribution in [0.4, 0.5) is 0 Å². The van der Waals surface area contributed by atoms with Gasteiger partial charge in [-0.05, 0) is 0 Å². The zero-order valence-corrected chi connectivity index (χ0v) is 10.2. The Kier molecular flexibility index (Phi) is 29.0. The van der Waals surface area contributed by atoms with E-state index >= 15 is 0 Å². The smallest absolute Gasteiger partial charge is 0.726 e. The summed E-state index contributed by atoms with van der Waals surface area (Å²) in [4.78, 5) is 8.00. The molecule has 0 unspecified atom stereocenters. The third-order valence-corrected chi connectivity index (χ3v) is 0. The normalized spacial score (nSPS) is 7.00. The number of hydrogen-bond donors (Lipinski definition) is 1. The van der Waals surface area contributed by atoms with Crippen molar-refractivity contribution in [3.05, 3.63) is 10.1 Å². The molecule has 0 saturated heterocycles. The van der Waals surface area contributed by atoms with Crippen molar-refractivity contribution in [2.75, 3.05) is 0 Å². The molecule has 0 aromatic heterocycles. The van der Waals surface area contributed by atoms with E-state index in [1.54, 1.807) is 0 Å². The fraction of sp³-hybridized carbons (Fsp3) is 0. The molecule has 0 heterocycles. The summed E-state index contributed by atoms with van der Waals surface area (Å²) in [5.74, 6) is 0. The largest absolute Gasteiger partial charge is 1.00 e. The van der Waals surface area contributed by atoms with Gasteiger partial charge < -0.3 is 14.7 Å². The van der Waals surface area contributed by atoms with Crippen molar-refractivity contribution in [2.24, 2.45) is 5.34 Å². The van der Waals surface area contributed by atoms with E-state index < -0.39 is 10.4 Å². The molecule has 0 aliphatic rings. The van der Waals surface area contributed by atoms with Gasteiger partial charge >= 0.3 is 59.1 Å². The Morgan fingerprint density at radius 3 is 1.30 bits per heavy atom. The molecule has 1 N–H and O–H groups in total. The summed E-state index contributed by atoms with van der Waals surface area (Å²) in [6.45, 7) is 0. The van der Waals surface area contributed by atoms with Crippen LogP contribution in [0.15, 0.2) is 5.34 Å². The summed E-state index contributed by atoms with van der Waals surface area (Å²) in [5, 5.41) is 9.00. The molecule has 50 valence electrons. The van der Waals surface area contributed by atoms with Crippen LogP contribution in [0.25, 0.3) is 0 Å². The number of nitrogens with zero attached hydrogens (tertiary/aromatic N) is 1. The summed E-state index contributed by atoms with van der Waals surface area (Å²) in [5.41, 5.74) is 0. The van der Waals surface area contributed by atoms with E-state index in [-0.39, 0.29) is 59.1 Å². The van der Waals surface area contributed by atoms with Gasteiger partial charge in [0.15, 0.2) is 0 Å². The Morgan fingerprint density at radius 1 is 1.30 bits per heavy atom. The third kappa shape index (κ3) is 393. The van der Waals surface area contributed by atoms with E-state index in [0.29, 0.717) is 0 Å². The molecule has 0 atom stereocenters. The van der Waals surface area contributed by atoms with E-state index in [1.807, 2.05) is 0 Å². The second-order valence-electron chi connectivity index (χ2n) is 0.502. The van der Waals surface area contributed by atoms with Crippen molar-refractivity contribution in [1.82, 2.24) is 0 Å². The first-order chi connectivity index (χ1) is 3.41.